The minimum absolute atomic E-state index is 0. The molecule has 0 saturated carbocycles. The molecular formula is C18H23ClN4O3S. The first kappa shape index (κ1) is 22.6. The van der Waals surface area contributed by atoms with Gasteiger partial charge in [-0.1, -0.05) is 36.4 Å². The highest BCUT2D eigenvalue weighted by Crippen LogP contribution is 2.14. The molecule has 0 radical (unpaired) electrons. The van der Waals surface area contributed by atoms with Crippen LogP contribution in [0.4, 0.5) is 0 Å². The summed E-state index contributed by atoms with van der Waals surface area (Å²) in [7, 11) is -1.89. The fourth-order valence-corrected chi connectivity index (χ4v) is 3.13. The van der Waals surface area contributed by atoms with Crippen molar-refractivity contribution in [3.05, 3.63) is 65.7 Å². The number of nitrogens with one attached hydrogen (secondary N) is 1. The van der Waals surface area contributed by atoms with E-state index in [-0.39, 0.29) is 34.7 Å². The number of sulfone groups is 1. The number of nitrogens with two attached hydrogens (primary N) is 1. The van der Waals surface area contributed by atoms with Crippen LogP contribution in [-0.2, 0) is 16.3 Å². The van der Waals surface area contributed by atoms with Crippen molar-refractivity contribution >= 4 is 34.1 Å². The summed E-state index contributed by atoms with van der Waals surface area (Å²) in [6, 6.07) is 15.6. The fraction of sp³-hybridized carbons (Fsp3) is 0.222. The molecule has 0 aliphatic rings. The summed E-state index contributed by atoms with van der Waals surface area (Å²) < 4.78 is 23.5. The first-order valence-electron chi connectivity index (χ1n) is 7.96. The van der Waals surface area contributed by atoms with Crippen molar-refractivity contribution in [1.82, 2.24) is 10.3 Å². The van der Waals surface area contributed by atoms with Crippen LogP contribution < -0.4 is 11.3 Å². The second-order valence-electron chi connectivity index (χ2n) is 5.68. The van der Waals surface area contributed by atoms with E-state index in [1.54, 1.807) is 6.07 Å². The van der Waals surface area contributed by atoms with Gasteiger partial charge in [-0.2, -0.15) is 0 Å². The maximum atomic E-state index is 13.0. The summed E-state index contributed by atoms with van der Waals surface area (Å²) in [5.41, 5.74) is 3.73. The molecule has 9 heteroatoms. The van der Waals surface area contributed by atoms with Gasteiger partial charge >= 0.3 is 0 Å². The molecule has 7 nitrogen and oxygen atoms in total. The normalized spacial score (nSPS) is 11.4. The van der Waals surface area contributed by atoms with Crippen molar-refractivity contribution in [2.75, 3.05) is 19.8 Å². The zero-order valence-corrected chi connectivity index (χ0v) is 16.8. The highest BCUT2D eigenvalue weighted by molar-refractivity contribution is 7.90. The lowest BCUT2D eigenvalue weighted by molar-refractivity contribution is 0.0843. The molecular weight excluding hydrogens is 388 g/mol. The monoisotopic (exact) mass is 410 g/mol. The third-order valence-electron chi connectivity index (χ3n) is 3.82. The molecule has 0 aliphatic heterocycles. The Morgan fingerprint density at radius 3 is 2.37 bits per heavy atom. The van der Waals surface area contributed by atoms with Gasteiger partial charge < -0.3 is 0 Å². The zero-order chi connectivity index (χ0) is 19.2. The van der Waals surface area contributed by atoms with Gasteiger partial charge in [-0.25, -0.2) is 14.3 Å². The van der Waals surface area contributed by atoms with Crippen molar-refractivity contribution in [1.29, 1.82) is 0 Å². The first-order valence-corrected chi connectivity index (χ1v) is 9.85. The molecule has 2 aromatic carbocycles. The number of aliphatic imine (C=N–C) groups is 1. The number of carbonyl (C=O) groups is 1. The van der Waals surface area contributed by atoms with Gasteiger partial charge in [-0.15, -0.1) is 12.4 Å². The van der Waals surface area contributed by atoms with Crippen LogP contribution in [0.1, 0.15) is 15.9 Å². The van der Waals surface area contributed by atoms with Gasteiger partial charge in [0.15, 0.2) is 9.84 Å². The minimum Gasteiger partial charge on any atom is -0.294 e. The Kier molecular flexibility index (Phi) is 8.42. The predicted molar refractivity (Wildman–Crippen MR) is 109 cm³/mol. The molecule has 0 atom stereocenters. The second-order valence-corrected chi connectivity index (χ2v) is 7.70. The van der Waals surface area contributed by atoms with Crippen LogP contribution in [0.15, 0.2) is 64.5 Å². The lowest BCUT2D eigenvalue weighted by Gasteiger charge is -2.23. The van der Waals surface area contributed by atoms with Gasteiger partial charge in [0.25, 0.3) is 5.91 Å². The average molecular weight is 411 g/mol. The lowest BCUT2D eigenvalue weighted by atomic mass is 10.1. The highest BCUT2D eigenvalue weighted by Gasteiger charge is 2.21. The number of hydrogen-bond acceptors (Lipinski definition) is 5. The first-order chi connectivity index (χ1) is 12.4. The number of amides is 1. The minimum atomic E-state index is -3.41. The van der Waals surface area contributed by atoms with Crippen molar-refractivity contribution in [3.63, 3.8) is 0 Å². The number of benzene rings is 2. The van der Waals surface area contributed by atoms with Crippen LogP contribution in [0.5, 0.6) is 0 Å². The Morgan fingerprint density at radius 2 is 1.81 bits per heavy atom. The van der Waals surface area contributed by atoms with Crippen molar-refractivity contribution in [3.8, 4) is 0 Å². The molecule has 27 heavy (non-hydrogen) atoms. The molecule has 0 fully saturated rings. The standard InChI is InChI=1S/C18H22N4O3S.ClH/c1-20-18(21-19)22(12-11-14-7-4-3-5-8-14)17(23)15-9-6-10-16(13-15)26(2,24)25;/h3-10,13H,11-12,19H2,1-2H3,(H,20,21);1H. The third-order valence-corrected chi connectivity index (χ3v) is 4.93. The van der Waals surface area contributed by atoms with Crippen LogP contribution in [0.2, 0.25) is 0 Å². The molecule has 146 valence electrons. The molecule has 0 aromatic heterocycles. The van der Waals surface area contributed by atoms with Crippen molar-refractivity contribution in [2.45, 2.75) is 11.3 Å². The topological polar surface area (TPSA) is 105 Å². The molecule has 0 spiro atoms. The number of nitrogens with zero attached hydrogens (tertiary/aromatic N) is 2. The van der Waals surface area contributed by atoms with E-state index in [1.165, 1.54) is 30.1 Å². The van der Waals surface area contributed by atoms with E-state index in [4.69, 9.17) is 5.84 Å². The SMILES string of the molecule is CN=C(NN)N(CCc1ccccc1)C(=O)c1cccc(S(C)(=O)=O)c1.Cl. The molecule has 2 rings (SSSR count). The quantitative estimate of drug-likeness (QED) is 0.337. The molecule has 0 aliphatic carbocycles. The maximum absolute atomic E-state index is 13.0. The Labute approximate surface area is 165 Å². The van der Waals surface area contributed by atoms with E-state index in [1.807, 2.05) is 30.3 Å². The molecule has 0 saturated heterocycles. The summed E-state index contributed by atoms with van der Waals surface area (Å²) >= 11 is 0. The summed E-state index contributed by atoms with van der Waals surface area (Å²) in [6.07, 6.45) is 1.70. The molecule has 2 aromatic rings. The zero-order valence-electron chi connectivity index (χ0n) is 15.1. The van der Waals surface area contributed by atoms with Crippen LogP contribution in [0.3, 0.4) is 0 Å². The Morgan fingerprint density at radius 1 is 1.15 bits per heavy atom. The summed E-state index contributed by atoms with van der Waals surface area (Å²) in [5, 5.41) is 0. The van der Waals surface area contributed by atoms with Gasteiger partial charge in [0.2, 0.25) is 5.96 Å². The van der Waals surface area contributed by atoms with Gasteiger partial charge in [-0.05, 0) is 30.2 Å². The van der Waals surface area contributed by atoms with Crippen LogP contribution in [0.25, 0.3) is 0 Å². The summed E-state index contributed by atoms with van der Waals surface area (Å²) in [6.45, 7) is 0.336. The molecule has 1 amide bonds. The van der Waals surface area contributed by atoms with E-state index >= 15 is 0 Å². The smallest absolute Gasteiger partial charge is 0.260 e. The Hall–Kier alpha value is -2.42. The molecule has 3 N–H and O–H groups in total. The Balaban J connectivity index is 0.00000364. The number of hydrogen-bond donors (Lipinski definition) is 2. The molecule has 0 unspecified atom stereocenters. The van der Waals surface area contributed by atoms with E-state index < -0.39 is 9.84 Å². The number of halogens is 1. The van der Waals surface area contributed by atoms with Gasteiger partial charge in [-0.3, -0.25) is 20.1 Å². The summed E-state index contributed by atoms with van der Waals surface area (Å²) in [5.74, 6) is 5.32. The largest absolute Gasteiger partial charge is 0.294 e. The van der Waals surface area contributed by atoms with Crippen LogP contribution in [0, 0.1) is 0 Å². The van der Waals surface area contributed by atoms with Gasteiger partial charge in [0, 0.05) is 25.4 Å². The van der Waals surface area contributed by atoms with E-state index in [9.17, 15) is 13.2 Å². The predicted octanol–water partition coefficient (Wildman–Crippen LogP) is 1.65. The fourth-order valence-electron chi connectivity index (χ4n) is 2.47. The number of carbonyl (C=O) groups excluding carboxylic acids is 1. The number of rotatable bonds is 5. The third kappa shape index (κ3) is 6.06. The maximum Gasteiger partial charge on any atom is 0.260 e. The number of guanidine groups is 1. The van der Waals surface area contributed by atoms with E-state index in [2.05, 4.69) is 10.4 Å². The average Bonchev–Trinajstić information content (AvgIpc) is 2.65. The summed E-state index contributed by atoms with van der Waals surface area (Å²) in [4.78, 5) is 18.4. The number of hydrazine groups is 1. The Bertz CT molecular complexity index is 902. The second kappa shape index (κ2) is 10.1. The molecule has 0 heterocycles. The highest BCUT2D eigenvalue weighted by atomic mass is 35.5. The lowest BCUT2D eigenvalue weighted by Crippen LogP contribution is -2.48. The van der Waals surface area contributed by atoms with E-state index in [0.29, 0.717) is 13.0 Å². The van der Waals surface area contributed by atoms with Crippen LogP contribution >= 0.6 is 12.4 Å². The van der Waals surface area contributed by atoms with Gasteiger partial charge in [0.05, 0.1) is 4.90 Å². The van der Waals surface area contributed by atoms with Gasteiger partial charge in [0.1, 0.15) is 0 Å². The van der Waals surface area contributed by atoms with E-state index in [0.717, 1.165) is 11.8 Å². The van der Waals surface area contributed by atoms with Crippen molar-refractivity contribution < 1.29 is 13.2 Å². The van der Waals surface area contributed by atoms with Crippen LogP contribution in [-0.4, -0.2) is 45.0 Å². The molecule has 0 bridgehead atoms. The van der Waals surface area contributed by atoms with Crippen molar-refractivity contribution in [2.24, 2.45) is 10.8 Å².